The number of nitrogens with one attached hydrogen (secondary N) is 1. The standard InChI is InChI=1S/C6H12INO5/c7-8-3-5(11)4(10)2(1-9)13-6(3)12/h2-6,8-12H,1H2/t2-,3+,4-,5-,6?/m1/s1. The maximum Gasteiger partial charge on any atom is 0.173 e. The van der Waals surface area contributed by atoms with Gasteiger partial charge in [-0.1, -0.05) is 0 Å². The number of aliphatic hydroxyl groups excluding tert-OH is 4. The molecule has 0 aromatic heterocycles. The lowest BCUT2D eigenvalue weighted by Crippen LogP contribution is -2.61. The molecule has 1 saturated heterocycles. The van der Waals surface area contributed by atoms with Crippen molar-refractivity contribution in [1.29, 1.82) is 0 Å². The minimum absolute atomic E-state index is 0.441. The van der Waals surface area contributed by atoms with Crippen molar-refractivity contribution < 1.29 is 25.2 Å². The van der Waals surface area contributed by atoms with Crippen LogP contribution in [0, 0.1) is 0 Å². The van der Waals surface area contributed by atoms with Crippen LogP contribution in [0.1, 0.15) is 0 Å². The molecule has 0 aromatic rings. The molecule has 0 bridgehead atoms. The summed E-state index contributed by atoms with van der Waals surface area (Å²) >= 11 is 1.74. The first kappa shape index (κ1) is 11.6. The zero-order valence-corrected chi connectivity index (χ0v) is 8.83. The molecule has 0 amide bonds. The molecule has 1 unspecified atom stereocenters. The van der Waals surface area contributed by atoms with Crippen molar-refractivity contribution in [2.75, 3.05) is 6.61 Å². The minimum Gasteiger partial charge on any atom is -0.394 e. The molecular formula is C6H12INO5. The molecule has 0 aliphatic carbocycles. The highest BCUT2D eigenvalue weighted by Gasteiger charge is 2.42. The van der Waals surface area contributed by atoms with Crippen molar-refractivity contribution in [3.63, 3.8) is 0 Å². The molecule has 0 aromatic carbocycles. The van der Waals surface area contributed by atoms with Crippen LogP contribution in [0.3, 0.4) is 0 Å². The number of rotatable bonds is 2. The summed E-state index contributed by atoms with van der Waals surface area (Å²) in [7, 11) is 0. The summed E-state index contributed by atoms with van der Waals surface area (Å²) in [6.45, 7) is -0.441. The van der Waals surface area contributed by atoms with E-state index >= 15 is 0 Å². The average molecular weight is 305 g/mol. The summed E-state index contributed by atoms with van der Waals surface area (Å²) in [4.78, 5) is 0. The molecule has 7 heteroatoms. The van der Waals surface area contributed by atoms with E-state index in [1.807, 2.05) is 0 Å². The summed E-state index contributed by atoms with van der Waals surface area (Å²) in [5.41, 5.74) is 0. The van der Waals surface area contributed by atoms with Gasteiger partial charge in [-0.3, -0.25) is 3.53 Å². The van der Waals surface area contributed by atoms with Crippen LogP contribution < -0.4 is 3.53 Å². The van der Waals surface area contributed by atoms with E-state index in [1.54, 1.807) is 22.9 Å². The Morgan fingerprint density at radius 3 is 2.31 bits per heavy atom. The highest BCUT2D eigenvalue weighted by Crippen LogP contribution is 2.20. The van der Waals surface area contributed by atoms with Gasteiger partial charge in [-0.15, -0.1) is 0 Å². The Labute approximate surface area is 89.0 Å². The van der Waals surface area contributed by atoms with Crippen LogP contribution in [-0.4, -0.2) is 57.7 Å². The van der Waals surface area contributed by atoms with Gasteiger partial charge in [-0.2, -0.15) is 0 Å². The zero-order valence-electron chi connectivity index (χ0n) is 6.67. The maximum absolute atomic E-state index is 9.44. The van der Waals surface area contributed by atoms with Crippen LogP contribution in [0.4, 0.5) is 0 Å². The first-order valence-corrected chi connectivity index (χ1v) is 4.86. The molecule has 78 valence electrons. The average Bonchev–Trinajstić information content (AvgIpc) is 2.12. The lowest BCUT2D eigenvalue weighted by atomic mass is 9.98. The van der Waals surface area contributed by atoms with Crippen molar-refractivity contribution in [3.05, 3.63) is 0 Å². The second-order valence-corrected chi connectivity index (χ2v) is 3.49. The zero-order chi connectivity index (χ0) is 10.0. The van der Waals surface area contributed by atoms with Crippen molar-refractivity contribution >= 4 is 22.9 Å². The van der Waals surface area contributed by atoms with E-state index in [0.717, 1.165) is 0 Å². The van der Waals surface area contributed by atoms with Gasteiger partial charge < -0.3 is 25.2 Å². The van der Waals surface area contributed by atoms with Crippen LogP contribution >= 0.6 is 22.9 Å². The highest BCUT2D eigenvalue weighted by molar-refractivity contribution is 14.1. The predicted molar refractivity (Wildman–Crippen MR) is 50.9 cm³/mol. The van der Waals surface area contributed by atoms with Crippen LogP contribution in [0.2, 0.25) is 0 Å². The number of hydrogen-bond acceptors (Lipinski definition) is 6. The Morgan fingerprint density at radius 1 is 1.23 bits per heavy atom. The quantitative estimate of drug-likeness (QED) is 0.291. The summed E-state index contributed by atoms with van der Waals surface area (Å²) in [5.74, 6) is 0. The molecule has 13 heavy (non-hydrogen) atoms. The molecule has 5 atom stereocenters. The number of halogens is 1. The lowest BCUT2D eigenvalue weighted by Gasteiger charge is -2.39. The number of aliphatic hydroxyl groups is 4. The van der Waals surface area contributed by atoms with Crippen molar-refractivity contribution in [2.45, 2.75) is 30.6 Å². The first-order chi connectivity index (χ1) is 6.11. The Hall–Kier alpha value is 0.490. The van der Waals surface area contributed by atoms with E-state index in [1.165, 1.54) is 0 Å². The molecule has 1 fully saturated rings. The van der Waals surface area contributed by atoms with E-state index < -0.39 is 37.3 Å². The van der Waals surface area contributed by atoms with E-state index in [2.05, 4.69) is 3.53 Å². The SMILES string of the molecule is OC[C@H]1OC(O)[C@@H](NI)[C@@H](O)[C@@H]1O. The van der Waals surface area contributed by atoms with Gasteiger partial charge in [0.15, 0.2) is 6.29 Å². The van der Waals surface area contributed by atoms with E-state index in [-0.39, 0.29) is 0 Å². The summed E-state index contributed by atoms with van der Waals surface area (Å²) in [6, 6.07) is -0.751. The molecule has 1 heterocycles. The largest absolute Gasteiger partial charge is 0.394 e. The van der Waals surface area contributed by atoms with Gasteiger partial charge in [-0.25, -0.2) is 0 Å². The Bertz CT molecular complexity index is 171. The number of hydrogen-bond donors (Lipinski definition) is 5. The van der Waals surface area contributed by atoms with Crippen LogP contribution in [0.5, 0.6) is 0 Å². The first-order valence-electron chi connectivity index (χ1n) is 3.78. The monoisotopic (exact) mass is 305 g/mol. The van der Waals surface area contributed by atoms with Crippen LogP contribution in [-0.2, 0) is 4.74 Å². The molecule has 0 spiro atoms. The van der Waals surface area contributed by atoms with Gasteiger partial charge in [-0.05, 0) is 0 Å². The third-order valence-electron chi connectivity index (χ3n) is 2.03. The Kier molecular flexibility index (Phi) is 4.29. The molecule has 6 nitrogen and oxygen atoms in total. The molecule has 1 aliphatic rings. The third-order valence-corrected chi connectivity index (χ3v) is 2.75. The normalized spacial score (nSPS) is 46.4. The van der Waals surface area contributed by atoms with Gasteiger partial charge in [0.25, 0.3) is 0 Å². The number of ether oxygens (including phenoxy) is 1. The fourth-order valence-electron chi connectivity index (χ4n) is 1.21. The molecule has 5 N–H and O–H groups in total. The van der Waals surface area contributed by atoms with Crippen molar-refractivity contribution in [1.82, 2.24) is 3.53 Å². The van der Waals surface area contributed by atoms with Gasteiger partial charge in [0.05, 0.1) is 12.6 Å². The smallest absolute Gasteiger partial charge is 0.173 e. The molecular weight excluding hydrogens is 293 g/mol. The molecule has 0 radical (unpaired) electrons. The summed E-state index contributed by atoms with van der Waals surface area (Å²) in [5, 5.41) is 36.8. The maximum atomic E-state index is 9.44. The van der Waals surface area contributed by atoms with Crippen LogP contribution in [0.25, 0.3) is 0 Å². The second kappa shape index (κ2) is 4.82. The van der Waals surface area contributed by atoms with E-state index in [4.69, 9.17) is 9.84 Å². The van der Waals surface area contributed by atoms with Crippen LogP contribution in [0.15, 0.2) is 0 Å². The molecule has 0 saturated carbocycles. The predicted octanol–water partition coefficient (Wildman–Crippen LogP) is -2.27. The minimum atomic E-state index is -1.23. The summed E-state index contributed by atoms with van der Waals surface area (Å²) in [6.07, 6.45) is -4.52. The molecule has 1 rings (SSSR count). The fourth-order valence-corrected chi connectivity index (χ4v) is 1.89. The van der Waals surface area contributed by atoms with Crippen molar-refractivity contribution in [2.24, 2.45) is 0 Å². The van der Waals surface area contributed by atoms with E-state index in [0.29, 0.717) is 0 Å². The molecule has 1 aliphatic heterocycles. The summed E-state index contributed by atoms with van der Waals surface area (Å²) < 4.78 is 7.43. The van der Waals surface area contributed by atoms with Crippen molar-refractivity contribution in [3.8, 4) is 0 Å². The van der Waals surface area contributed by atoms with Gasteiger partial charge >= 0.3 is 0 Å². The lowest BCUT2D eigenvalue weighted by molar-refractivity contribution is -0.250. The highest BCUT2D eigenvalue weighted by atomic mass is 127. The Balaban J connectivity index is 2.66. The second-order valence-electron chi connectivity index (χ2n) is 2.86. The third kappa shape index (κ3) is 2.29. The van der Waals surface area contributed by atoms with Gasteiger partial charge in [0, 0.05) is 22.9 Å². The van der Waals surface area contributed by atoms with E-state index in [9.17, 15) is 15.3 Å². The fraction of sp³-hybridized carbons (Fsp3) is 1.00. The Morgan fingerprint density at radius 2 is 1.85 bits per heavy atom. The topological polar surface area (TPSA) is 102 Å². The van der Waals surface area contributed by atoms with Gasteiger partial charge in [0.1, 0.15) is 18.3 Å². The van der Waals surface area contributed by atoms with Gasteiger partial charge in [0.2, 0.25) is 0 Å².